The zero-order valence-corrected chi connectivity index (χ0v) is 22.0. The molecule has 3 fully saturated rings. The number of aromatic nitrogens is 4. The number of hydrogen-bond acceptors (Lipinski definition) is 2. The molecule has 2 saturated carbocycles. The number of imidazole rings is 2. The molecule has 0 amide bonds. The van der Waals surface area contributed by atoms with Crippen LogP contribution in [0.5, 0.6) is 0 Å². The quantitative estimate of drug-likeness (QED) is 0.275. The molecule has 2 aromatic heterocycles. The molecule has 4 atom stereocenters. The Morgan fingerprint density at radius 1 is 0.778 bits per heavy atom. The number of rotatable bonds is 5. The fourth-order valence-electron chi connectivity index (χ4n) is 6.71. The van der Waals surface area contributed by atoms with Gasteiger partial charge >= 0.3 is 0 Å². The summed E-state index contributed by atoms with van der Waals surface area (Å²) in [5.41, 5.74) is 5.75. The van der Waals surface area contributed by atoms with Crippen LogP contribution < -0.4 is 0 Å². The van der Waals surface area contributed by atoms with E-state index in [0.717, 1.165) is 64.3 Å². The van der Waals surface area contributed by atoms with E-state index >= 15 is 0 Å². The van der Waals surface area contributed by atoms with Gasteiger partial charge in [0.15, 0.2) is 0 Å². The first kappa shape index (κ1) is 22.2. The van der Waals surface area contributed by atoms with Gasteiger partial charge in [0.05, 0.1) is 11.9 Å². The maximum absolute atomic E-state index is 14.7. The van der Waals surface area contributed by atoms with E-state index < -0.39 is 8.07 Å². The van der Waals surface area contributed by atoms with Crippen molar-refractivity contribution < 1.29 is 4.39 Å². The monoisotopic (exact) mass is 496 g/mol. The number of benzene rings is 2. The molecule has 0 radical (unpaired) electrons. The number of nitrogens with zero attached hydrogens (tertiary/aromatic N) is 2. The molecule has 6 heteroatoms. The Morgan fingerprint density at radius 3 is 2.06 bits per heavy atom. The number of nitrogens with one attached hydrogen (secondary N) is 2. The van der Waals surface area contributed by atoms with E-state index in [9.17, 15) is 4.39 Å². The van der Waals surface area contributed by atoms with Crippen molar-refractivity contribution in [3.8, 4) is 33.6 Å². The standard InChI is InChI=1S/C30H33FN4Si/c1-36(2)12-11-22(17-36)29-32-16-26(33-29)20-7-3-18(4-8-20)19-5-9-21(10-6-19)27-28(31)35-30(34-27)25-14-23-13-24(23)15-25/h3-10,16,22-25H,11-15,17H2,1-2H3,(H,32,33)(H,34,35)/t22-,23-,24+,25?/m0/s1. The zero-order valence-electron chi connectivity index (χ0n) is 21.0. The van der Waals surface area contributed by atoms with Crippen molar-refractivity contribution in [3.05, 3.63) is 72.3 Å². The Morgan fingerprint density at radius 2 is 1.42 bits per heavy atom. The summed E-state index contributed by atoms with van der Waals surface area (Å²) in [7, 11) is -1.02. The van der Waals surface area contributed by atoms with E-state index in [1.54, 1.807) is 0 Å². The Balaban J connectivity index is 1.06. The van der Waals surface area contributed by atoms with E-state index in [4.69, 9.17) is 4.98 Å². The van der Waals surface area contributed by atoms with E-state index in [1.807, 2.05) is 18.3 Å². The molecule has 7 rings (SSSR count). The minimum absolute atomic E-state index is 0.315. The van der Waals surface area contributed by atoms with Crippen LogP contribution in [-0.2, 0) is 0 Å². The van der Waals surface area contributed by atoms with Gasteiger partial charge in [-0.15, -0.1) is 0 Å². The average molecular weight is 497 g/mol. The number of fused-ring (bicyclic) bond motifs is 1. The molecule has 2 N–H and O–H groups in total. The van der Waals surface area contributed by atoms with Crippen LogP contribution in [0.2, 0.25) is 25.2 Å². The van der Waals surface area contributed by atoms with Crippen LogP contribution in [0, 0.1) is 17.8 Å². The van der Waals surface area contributed by atoms with Crippen LogP contribution in [0.15, 0.2) is 54.7 Å². The van der Waals surface area contributed by atoms with Gasteiger partial charge in [-0.05, 0) is 60.3 Å². The lowest BCUT2D eigenvalue weighted by molar-refractivity contribution is 0.562. The van der Waals surface area contributed by atoms with Gasteiger partial charge in [0.2, 0.25) is 5.95 Å². The van der Waals surface area contributed by atoms with Crippen molar-refractivity contribution in [2.75, 3.05) is 0 Å². The highest BCUT2D eigenvalue weighted by atomic mass is 28.3. The molecule has 2 aromatic carbocycles. The molecular weight excluding hydrogens is 463 g/mol. The smallest absolute Gasteiger partial charge is 0.219 e. The Hall–Kier alpha value is -2.99. The van der Waals surface area contributed by atoms with Crippen LogP contribution in [0.1, 0.15) is 49.2 Å². The number of halogens is 1. The Labute approximate surface area is 212 Å². The van der Waals surface area contributed by atoms with Crippen molar-refractivity contribution in [2.45, 2.75) is 62.7 Å². The second kappa shape index (κ2) is 8.27. The number of aromatic amines is 2. The van der Waals surface area contributed by atoms with Gasteiger partial charge in [-0.2, -0.15) is 4.39 Å². The van der Waals surface area contributed by atoms with Crippen LogP contribution >= 0.6 is 0 Å². The minimum Gasteiger partial charge on any atom is -0.342 e. The van der Waals surface area contributed by atoms with Crippen molar-refractivity contribution >= 4 is 8.07 Å². The molecule has 2 aliphatic carbocycles. The van der Waals surface area contributed by atoms with Gasteiger partial charge in [-0.1, -0.05) is 67.7 Å². The summed E-state index contributed by atoms with van der Waals surface area (Å²) in [5, 5.41) is 0. The van der Waals surface area contributed by atoms with Crippen LogP contribution in [0.3, 0.4) is 0 Å². The summed E-state index contributed by atoms with van der Waals surface area (Å²) in [6.45, 7) is 4.98. The number of hydrogen-bond donors (Lipinski definition) is 2. The zero-order chi connectivity index (χ0) is 24.4. The maximum Gasteiger partial charge on any atom is 0.219 e. The molecular formula is C30H33FN4Si. The van der Waals surface area contributed by atoms with Gasteiger partial charge in [0.25, 0.3) is 0 Å². The second-order valence-corrected chi connectivity index (χ2v) is 17.4. The summed E-state index contributed by atoms with van der Waals surface area (Å²) in [4.78, 5) is 15.9. The van der Waals surface area contributed by atoms with Crippen molar-refractivity contribution in [3.63, 3.8) is 0 Å². The average Bonchev–Trinajstić information content (AvgIpc) is 3.35. The maximum atomic E-state index is 14.7. The third-order valence-corrected chi connectivity index (χ3v) is 12.2. The van der Waals surface area contributed by atoms with Crippen LogP contribution in [0.4, 0.5) is 4.39 Å². The minimum atomic E-state index is -1.02. The molecule has 4 nitrogen and oxygen atoms in total. The molecule has 3 aliphatic rings. The molecule has 4 aromatic rings. The molecule has 0 spiro atoms. The topological polar surface area (TPSA) is 57.4 Å². The second-order valence-electron chi connectivity index (χ2n) is 12.1. The molecule has 1 saturated heterocycles. The van der Waals surface area contributed by atoms with E-state index in [2.05, 4.69) is 64.4 Å². The highest BCUT2D eigenvalue weighted by Crippen LogP contribution is 2.57. The van der Waals surface area contributed by atoms with Crippen LogP contribution in [-0.4, -0.2) is 28.0 Å². The fraction of sp³-hybridized carbons (Fsp3) is 0.400. The van der Waals surface area contributed by atoms with Gasteiger partial charge < -0.3 is 9.97 Å². The predicted molar refractivity (Wildman–Crippen MR) is 145 cm³/mol. The predicted octanol–water partition coefficient (Wildman–Crippen LogP) is 7.98. The molecule has 36 heavy (non-hydrogen) atoms. The molecule has 184 valence electrons. The third kappa shape index (κ3) is 4.05. The van der Waals surface area contributed by atoms with E-state index in [0.29, 0.717) is 17.5 Å². The van der Waals surface area contributed by atoms with Gasteiger partial charge in [0.1, 0.15) is 17.3 Å². The summed E-state index contributed by atoms with van der Waals surface area (Å²) < 4.78 is 14.7. The van der Waals surface area contributed by atoms with E-state index in [-0.39, 0.29) is 5.95 Å². The lowest BCUT2D eigenvalue weighted by Crippen LogP contribution is -2.19. The van der Waals surface area contributed by atoms with Gasteiger partial charge in [-0.3, -0.25) is 0 Å². The first-order valence-electron chi connectivity index (χ1n) is 13.4. The largest absolute Gasteiger partial charge is 0.342 e. The van der Waals surface area contributed by atoms with E-state index in [1.165, 1.54) is 24.9 Å². The summed E-state index contributed by atoms with van der Waals surface area (Å²) in [5.74, 6) is 4.37. The lowest BCUT2D eigenvalue weighted by atomic mass is 10.0. The normalized spacial score (nSPS) is 26.3. The highest BCUT2D eigenvalue weighted by molar-refractivity contribution is 6.78. The lowest BCUT2D eigenvalue weighted by Gasteiger charge is -2.13. The van der Waals surface area contributed by atoms with Crippen LogP contribution in [0.25, 0.3) is 33.6 Å². The van der Waals surface area contributed by atoms with Gasteiger partial charge in [-0.25, -0.2) is 9.97 Å². The van der Waals surface area contributed by atoms with Gasteiger partial charge in [0, 0.05) is 25.5 Å². The van der Waals surface area contributed by atoms with Crippen molar-refractivity contribution in [1.82, 2.24) is 19.9 Å². The third-order valence-electron chi connectivity index (χ3n) is 8.95. The van der Waals surface area contributed by atoms with Crippen molar-refractivity contribution in [1.29, 1.82) is 0 Å². The SMILES string of the molecule is C[Si]1(C)CC[C@H](c2ncc(-c3ccc(-c4ccc(-c5nc(C6C[C@@H]7C[C@@H]7C6)[nH]c5F)cc4)cc3)[nH]2)C1. The number of H-pyrrole nitrogens is 2. The first-order chi connectivity index (χ1) is 17.4. The fourth-order valence-corrected chi connectivity index (χ4v) is 9.78. The summed E-state index contributed by atoms with van der Waals surface area (Å²) >= 11 is 0. The Kier molecular flexibility index (Phi) is 5.10. The highest BCUT2D eigenvalue weighted by Gasteiger charge is 2.47. The van der Waals surface area contributed by atoms with Crippen molar-refractivity contribution in [2.24, 2.45) is 11.8 Å². The first-order valence-corrected chi connectivity index (χ1v) is 16.8. The molecule has 3 heterocycles. The summed E-state index contributed by atoms with van der Waals surface area (Å²) in [6.07, 6.45) is 6.93. The molecule has 1 unspecified atom stereocenters. The molecule has 0 bridgehead atoms. The molecule has 1 aliphatic heterocycles. The Bertz CT molecular complexity index is 1390. The summed E-state index contributed by atoms with van der Waals surface area (Å²) in [6, 6.07) is 19.4.